The van der Waals surface area contributed by atoms with Gasteiger partial charge < -0.3 is 10.2 Å². The summed E-state index contributed by atoms with van der Waals surface area (Å²) in [6.07, 6.45) is 1.94. The van der Waals surface area contributed by atoms with Gasteiger partial charge in [-0.2, -0.15) is 0 Å². The largest absolute Gasteiger partial charge is 0.322 e. The van der Waals surface area contributed by atoms with Crippen molar-refractivity contribution in [2.24, 2.45) is 0 Å². The number of carbonyl (C=O) groups excluding carboxylic acids is 2. The molecular weight excluding hydrogens is 288 g/mol. The Morgan fingerprint density at radius 2 is 1.96 bits per heavy atom. The molecule has 0 aliphatic carbocycles. The molecule has 2 amide bonds. The summed E-state index contributed by atoms with van der Waals surface area (Å²) in [7, 11) is 0. The summed E-state index contributed by atoms with van der Waals surface area (Å²) in [6.45, 7) is 4.27. The van der Waals surface area contributed by atoms with E-state index in [-0.39, 0.29) is 11.8 Å². The lowest BCUT2D eigenvalue weighted by Gasteiger charge is -2.29. The van der Waals surface area contributed by atoms with Crippen LogP contribution in [0.3, 0.4) is 0 Å². The Morgan fingerprint density at radius 1 is 1.13 bits per heavy atom. The highest BCUT2D eigenvalue weighted by molar-refractivity contribution is 6.05. The number of anilines is 2. The van der Waals surface area contributed by atoms with Gasteiger partial charge >= 0.3 is 0 Å². The smallest absolute Gasteiger partial charge is 0.255 e. The van der Waals surface area contributed by atoms with Crippen LogP contribution in [0.4, 0.5) is 11.4 Å². The van der Waals surface area contributed by atoms with Crippen LogP contribution in [0.5, 0.6) is 0 Å². The van der Waals surface area contributed by atoms with Crippen LogP contribution in [-0.2, 0) is 11.2 Å². The molecule has 0 saturated carbocycles. The third-order valence-electron chi connectivity index (χ3n) is 4.12. The number of rotatable bonds is 2. The van der Waals surface area contributed by atoms with Crippen molar-refractivity contribution in [2.75, 3.05) is 16.8 Å². The lowest BCUT2D eigenvalue weighted by atomic mass is 10.0. The Morgan fingerprint density at radius 3 is 2.70 bits per heavy atom. The molecule has 1 N–H and O–H groups in total. The van der Waals surface area contributed by atoms with E-state index < -0.39 is 0 Å². The van der Waals surface area contributed by atoms with Crippen LogP contribution in [0.25, 0.3) is 0 Å². The SMILES string of the molecule is CC(=O)N1CCCc2ccc(NC(=O)c3cccc(C)c3)cc21. The molecule has 0 fully saturated rings. The lowest BCUT2D eigenvalue weighted by molar-refractivity contribution is -0.116. The fourth-order valence-corrected chi connectivity index (χ4v) is 2.97. The number of benzene rings is 2. The van der Waals surface area contributed by atoms with Crippen molar-refractivity contribution in [3.8, 4) is 0 Å². The van der Waals surface area contributed by atoms with Gasteiger partial charge in [-0.05, 0) is 49.6 Å². The summed E-state index contributed by atoms with van der Waals surface area (Å²) in [5.74, 6) is -0.105. The first-order valence-corrected chi connectivity index (χ1v) is 7.83. The third kappa shape index (κ3) is 3.26. The summed E-state index contributed by atoms with van der Waals surface area (Å²) >= 11 is 0. The van der Waals surface area contributed by atoms with Crippen molar-refractivity contribution in [1.82, 2.24) is 0 Å². The average Bonchev–Trinajstić information content (AvgIpc) is 2.54. The van der Waals surface area contributed by atoms with E-state index in [0.717, 1.165) is 36.2 Å². The highest BCUT2D eigenvalue weighted by Crippen LogP contribution is 2.30. The zero-order valence-corrected chi connectivity index (χ0v) is 13.4. The van der Waals surface area contributed by atoms with E-state index in [2.05, 4.69) is 5.32 Å². The molecule has 4 heteroatoms. The highest BCUT2D eigenvalue weighted by Gasteiger charge is 2.20. The van der Waals surface area contributed by atoms with Crippen molar-refractivity contribution in [3.05, 3.63) is 59.2 Å². The molecule has 2 aromatic carbocycles. The maximum atomic E-state index is 12.4. The summed E-state index contributed by atoms with van der Waals surface area (Å²) in [5.41, 5.74) is 4.45. The molecule has 4 nitrogen and oxygen atoms in total. The molecule has 0 spiro atoms. The molecule has 0 aromatic heterocycles. The van der Waals surface area contributed by atoms with E-state index in [1.807, 2.05) is 43.3 Å². The van der Waals surface area contributed by atoms with Crippen molar-refractivity contribution in [3.63, 3.8) is 0 Å². The number of nitrogens with zero attached hydrogens (tertiary/aromatic N) is 1. The number of aryl methyl sites for hydroxylation is 2. The minimum absolute atomic E-state index is 0.0353. The van der Waals surface area contributed by atoms with E-state index in [1.54, 1.807) is 17.9 Å². The predicted molar refractivity (Wildman–Crippen MR) is 91.9 cm³/mol. The zero-order chi connectivity index (χ0) is 16.4. The summed E-state index contributed by atoms with van der Waals surface area (Å²) in [4.78, 5) is 25.9. The molecule has 118 valence electrons. The minimum atomic E-state index is -0.140. The van der Waals surface area contributed by atoms with Gasteiger partial charge in [0, 0.05) is 30.4 Å². The molecule has 0 radical (unpaired) electrons. The Kier molecular flexibility index (Phi) is 4.15. The Labute approximate surface area is 136 Å². The molecule has 0 unspecified atom stereocenters. The first kappa shape index (κ1) is 15.3. The molecule has 0 saturated heterocycles. The highest BCUT2D eigenvalue weighted by atomic mass is 16.2. The second-order valence-electron chi connectivity index (χ2n) is 5.94. The van der Waals surface area contributed by atoms with Crippen LogP contribution >= 0.6 is 0 Å². The van der Waals surface area contributed by atoms with Crippen LogP contribution < -0.4 is 10.2 Å². The Balaban J connectivity index is 1.85. The molecule has 2 aromatic rings. The summed E-state index contributed by atoms with van der Waals surface area (Å²) in [5, 5.41) is 2.92. The molecule has 23 heavy (non-hydrogen) atoms. The maximum absolute atomic E-state index is 12.4. The van der Waals surface area contributed by atoms with Crippen molar-refractivity contribution < 1.29 is 9.59 Å². The molecule has 3 rings (SSSR count). The van der Waals surface area contributed by atoms with Crippen LogP contribution in [0.1, 0.15) is 34.8 Å². The van der Waals surface area contributed by atoms with E-state index in [4.69, 9.17) is 0 Å². The molecule has 1 aliphatic heterocycles. The van der Waals surface area contributed by atoms with Gasteiger partial charge in [0.05, 0.1) is 0 Å². The fourth-order valence-electron chi connectivity index (χ4n) is 2.97. The number of carbonyl (C=O) groups is 2. The quantitative estimate of drug-likeness (QED) is 0.922. The predicted octanol–water partition coefficient (Wildman–Crippen LogP) is 3.55. The average molecular weight is 308 g/mol. The maximum Gasteiger partial charge on any atom is 0.255 e. The Hall–Kier alpha value is -2.62. The van der Waals surface area contributed by atoms with E-state index in [9.17, 15) is 9.59 Å². The fraction of sp³-hybridized carbons (Fsp3) is 0.263. The second kappa shape index (κ2) is 6.24. The van der Waals surface area contributed by atoms with Crippen LogP contribution in [0.2, 0.25) is 0 Å². The zero-order valence-electron chi connectivity index (χ0n) is 13.4. The van der Waals surface area contributed by atoms with Crippen molar-refractivity contribution >= 4 is 23.2 Å². The van der Waals surface area contributed by atoms with Crippen LogP contribution in [0, 0.1) is 6.92 Å². The Bertz CT molecular complexity index is 768. The van der Waals surface area contributed by atoms with Gasteiger partial charge in [0.25, 0.3) is 5.91 Å². The van der Waals surface area contributed by atoms with Crippen molar-refractivity contribution in [1.29, 1.82) is 0 Å². The summed E-state index contributed by atoms with van der Waals surface area (Å²) < 4.78 is 0. The van der Waals surface area contributed by atoms with E-state index >= 15 is 0 Å². The van der Waals surface area contributed by atoms with Gasteiger partial charge in [-0.3, -0.25) is 9.59 Å². The number of fused-ring (bicyclic) bond motifs is 1. The van der Waals surface area contributed by atoms with Gasteiger partial charge in [-0.15, -0.1) is 0 Å². The van der Waals surface area contributed by atoms with Gasteiger partial charge in [0.1, 0.15) is 0 Å². The monoisotopic (exact) mass is 308 g/mol. The summed E-state index contributed by atoms with van der Waals surface area (Å²) in [6, 6.07) is 13.3. The molecule has 1 aliphatic rings. The second-order valence-corrected chi connectivity index (χ2v) is 5.94. The van der Waals surface area contributed by atoms with Crippen LogP contribution in [0.15, 0.2) is 42.5 Å². The minimum Gasteiger partial charge on any atom is -0.322 e. The van der Waals surface area contributed by atoms with Gasteiger partial charge in [-0.1, -0.05) is 23.8 Å². The van der Waals surface area contributed by atoms with Gasteiger partial charge in [0.2, 0.25) is 5.91 Å². The van der Waals surface area contributed by atoms with E-state index in [0.29, 0.717) is 11.3 Å². The number of nitrogens with one attached hydrogen (secondary N) is 1. The number of hydrogen-bond donors (Lipinski definition) is 1. The lowest BCUT2D eigenvalue weighted by Crippen LogP contribution is -2.33. The number of hydrogen-bond acceptors (Lipinski definition) is 2. The van der Waals surface area contributed by atoms with Crippen molar-refractivity contribution in [2.45, 2.75) is 26.7 Å². The number of amides is 2. The molecular formula is C19H20N2O2. The molecule has 1 heterocycles. The topological polar surface area (TPSA) is 49.4 Å². The third-order valence-corrected chi connectivity index (χ3v) is 4.12. The molecule has 0 bridgehead atoms. The standard InChI is InChI=1S/C19H20N2O2/c1-13-5-3-6-16(11-13)19(23)20-17-9-8-15-7-4-10-21(14(2)22)18(15)12-17/h3,5-6,8-9,11-12H,4,7,10H2,1-2H3,(H,20,23). The normalized spacial score (nSPS) is 13.4. The van der Waals surface area contributed by atoms with Gasteiger partial charge in [0.15, 0.2) is 0 Å². The van der Waals surface area contributed by atoms with Crippen LogP contribution in [-0.4, -0.2) is 18.4 Å². The van der Waals surface area contributed by atoms with E-state index in [1.165, 1.54) is 0 Å². The molecule has 0 atom stereocenters. The first-order chi connectivity index (χ1) is 11.0. The van der Waals surface area contributed by atoms with Gasteiger partial charge in [-0.25, -0.2) is 0 Å². The first-order valence-electron chi connectivity index (χ1n) is 7.83.